The van der Waals surface area contributed by atoms with Crippen molar-refractivity contribution in [2.75, 3.05) is 6.61 Å². The molecule has 0 aliphatic carbocycles. The second-order valence-electron chi connectivity index (χ2n) is 8.12. The summed E-state index contributed by atoms with van der Waals surface area (Å²) in [4.78, 5) is 27.8. The van der Waals surface area contributed by atoms with Gasteiger partial charge in [0.15, 0.2) is 0 Å². The number of rotatable bonds is 5. The summed E-state index contributed by atoms with van der Waals surface area (Å²) in [5.74, 6) is -0.876. The van der Waals surface area contributed by atoms with E-state index in [2.05, 4.69) is 25.8 Å². The van der Waals surface area contributed by atoms with Gasteiger partial charge in [-0.05, 0) is 41.7 Å². The fraction of sp³-hybridized carbons (Fsp3) is 0.250. The van der Waals surface area contributed by atoms with E-state index in [1.165, 1.54) is 29.8 Å². The monoisotopic (exact) mass is 452 g/mol. The summed E-state index contributed by atoms with van der Waals surface area (Å²) in [6.07, 6.45) is 1.78. The Morgan fingerprint density at radius 3 is 2.31 bits per heavy atom. The predicted octanol–water partition coefficient (Wildman–Crippen LogP) is 6.09. The van der Waals surface area contributed by atoms with Gasteiger partial charge < -0.3 is 9.84 Å². The SMILES string of the molecule is CCOC(=O)C1=C(O)C(=Cc2ccc(C(C)(C)C)cc2)SC1=Nc1ccc([N+](=O)[O-])cc1. The van der Waals surface area contributed by atoms with Gasteiger partial charge in [-0.3, -0.25) is 10.1 Å². The fourth-order valence-electron chi connectivity index (χ4n) is 2.99. The number of aliphatic hydroxyl groups excluding tert-OH is 1. The Morgan fingerprint density at radius 1 is 1.16 bits per heavy atom. The van der Waals surface area contributed by atoms with Crippen LogP contribution < -0.4 is 0 Å². The quantitative estimate of drug-likeness (QED) is 0.335. The highest BCUT2D eigenvalue weighted by Gasteiger charge is 2.33. The molecular weight excluding hydrogens is 428 g/mol. The molecule has 0 spiro atoms. The van der Waals surface area contributed by atoms with Crippen LogP contribution in [0, 0.1) is 10.1 Å². The molecule has 1 heterocycles. The largest absolute Gasteiger partial charge is 0.506 e. The molecule has 7 nitrogen and oxygen atoms in total. The normalized spacial score (nSPS) is 16.6. The fourth-order valence-corrected chi connectivity index (χ4v) is 4.02. The van der Waals surface area contributed by atoms with Gasteiger partial charge in [0.05, 0.1) is 22.1 Å². The Bertz CT molecular complexity index is 1120. The number of nitrogens with zero attached hydrogens (tertiary/aromatic N) is 2. The van der Waals surface area contributed by atoms with Crippen LogP contribution in [0.4, 0.5) is 11.4 Å². The third kappa shape index (κ3) is 5.26. The van der Waals surface area contributed by atoms with E-state index < -0.39 is 10.9 Å². The van der Waals surface area contributed by atoms with Gasteiger partial charge in [0.25, 0.3) is 5.69 Å². The van der Waals surface area contributed by atoms with E-state index in [-0.39, 0.29) is 34.1 Å². The molecule has 2 aromatic rings. The number of hydrogen-bond donors (Lipinski definition) is 1. The minimum atomic E-state index is -0.676. The number of esters is 1. The van der Waals surface area contributed by atoms with Crippen molar-refractivity contribution in [1.82, 2.24) is 0 Å². The number of aliphatic hydroxyl groups is 1. The lowest BCUT2D eigenvalue weighted by atomic mass is 9.87. The minimum absolute atomic E-state index is 0.0206. The van der Waals surface area contributed by atoms with Crippen LogP contribution in [0.25, 0.3) is 6.08 Å². The van der Waals surface area contributed by atoms with Crippen LogP contribution in [0.5, 0.6) is 0 Å². The number of benzene rings is 2. The van der Waals surface area contributed by atoms with Crippen LogP contribution in [0.2, 0.25) is 0 Å². The molecule has 0 unspecified atom stereocenters. The molecule has 0 saturated heterocycles. The topological polar surface area (TPSA) is 102 Å². The van der Waals surface area contributed by atoms with Gasteiger partial charge >= 0.3 is 5.97 Å². The summed E-state index contributed by atoms with van der Waals surface area (Å²) in [5, 5.41) is 21.9. The number of carbonyl (C=O) groups excluding carboxylic acids is 1. The lowest BCUT2D eigenvalue weighted by Gasteiger charge is -2.18. The van der Waals surface area contributed by atoms with E-state index in [0.29, 0.717) is 10.6 Å². The van der Waals surface area contributed by atoms with Gasteiger partial charge in [-0.25, -0.2) is 9.79 Å². The van der Waals surface area contributed by atoms with Crippen molar-refractivity contribution in [2.45, 2.75) is 33.1 Å². The van der Waals surface area contributed by atoms with E-state index in [9.17, 15) is 20.0 Å². The molecule has 0 radical (unpaired) electrons. The number of nitro groups is 1. The average molecular weight is 453 g/mol. The molecular formula is C24H24N2O5S. The van der Waals surface area contributed by atoms with Crippen molar-refractivity contribution in [1.29, 1.82) is 0 Å². The van der Waals surface area contributed by atoms with Crippen molar-refractivity contribution >= 4 is 40.2 Å². The maximum absolute atomic E-state index is 12.5. The Morgan fingerprint density at radius 2 is 1.78 bits per heavy atom. The highest BCUT2D eigenvalue weighted by atomic mass is 32.2. The predicted molar refractivity (Wildman–Crippen MR) is 127 cm³/mol. The molecule has 1 aliphatic heterocycles. The van der Waals surface area contributed by atoms with E-state index in [0.717, 1.165) is 17.3 Å². The first-order valence-electron chi connectivity index (χ1n) is 10.0. The maximum Gasteiger partial charge on any atom is 0.344 e. The maximum atomic E-state index is 12.5. The van der Waals surface area contributed by atoms with E-state index in [1.807, 2.05) is 24.3 Å². The lowest BCUT2D eigenvalue weighted by molar-refractivity contribution is -0.384. The van der Waals surface area contributed by atoms with Gasteiger partial charge in [0, 0.05) is 12.1 Å². The van der Waals surface area contributed by atoms with Crippen molar-refractivity contribution < 1.29 is 19.6 Å². The van der Waals surface area contributed by atoms with Crippen LogP contribution in [0.1, 0.15) is 38.8 Å². The van der Waals surface area contributed by atoms with Crippen molar-refractivity contribution in [2.24, 2.45) is 4.99 Å². The molecule has 1 aliphatic rings. The minimum Gasteiger partial charge on any atom is -0.506 e. The number of ether oxygens (including phenoxy) is 1. The smallest absolute Gasteiger partial charge is 0.344 e. The molecule has 0 amide bonds. The number of non-ortho nitro benzene ring substituents is 1. The number of hydrogen-bond acceptors (Lipinski definition) is 7. The third-order valence-corrected chi connectivity index (χ3v) is 5.76. The van der Waals surface area contributed by atoms with Gasteiger partial charge in [0.2, 0.25) is 0 Å². The molecule has 1 N–H and O–H groups in total. The van der Waals surface area contributed by atoms with Crippen molar-refractivity contribution in [3.05, 3.63) is 86.0 Å². The summed E-state index contributed by atoms with van der Waals surface area (Å²) in [6.45, 7) is 8.23. The van der Waals surface area contributed by atoms with Crippen LogP contribution in [0.15, 0.2) is 69.8 Å². The first kappa shape index (κ1) is 23.3. The Kier molecular flexibility index (Phi) is 6.84. The zero-order chi connectivity index (χ0) is 23.5. The Balaban J connectivity index is 1.98. The molecule has 0 atom stereocenters. The highest BCUT2D eigenvalue weighted by Crippen LogP contribution is 2.40. The lowest BCUT2D eigenvalue weighted by Crippen LogP contribution is -2.12. The molecule has 2 aromatic carbocycles. The summed E-state index contributed by atoms with van der Waals surface area (Å²) >= 11 is 1.14. The van der Waals surface area contributed by atoms with E-state index in [1.54, 1.807) is 13.0 Å². The van der Waals surface area contributed by atoms with Crippen LogP contribution in [0.3, 0.4) is 0 Å². The first-order valence-corrected chi connectivity index (χ1v) is 10.9. The third-order valence-electron chi connectivity index (χ3n) is 4.74. The van der Waals surface area contributed by atoms with Crippen LogP contribution >= 0.6 is 11.8 Å². The second kappa shape index (κ2) is 9.40. The molecule has 8 heteroatoms. The summed E-state index contributed by atoms with van der Waals surface area (Å²) < 4.78 is 5.10. The summed E-state index contributed by atoms with van der Waals surface area (Å²) in [5.41, 5.74) is 2.42. The summed E-state index contributed by atoms with van der Waals surface area (Å²) in [6, 6.07) is 13.6. The first-order chi connectivity index (χ1) is 15.1. The number of carbonyl (C=O) groups is 1. The summed E-state index contributed by atoms with van der Waals surface area (Å²) in [7, 11) is 0. The van der Waals surface area contributed by atoms with Gasteiger partial charge in [-0.1, -0.05) is 56.8 Å². The van der Waals surface area contributed by atoms with E-state index >= 15 is 0 Å². The van der Waals surface area contributed by atoms with Gasteiger partial charge in [-0.15, -0.1) is 0 Å². The second-order valence-corrected chi connectivity index (χ2v) is 9.15. The zero-order valence-corrected chi connectivity index (χ0v) is 19.1. The van der Waals surface area contributed by atoms with Gasteiger partial charge in [-0.2, -0.15) is 0 Å². The average Bonchev–Trinajstić information content (AvgIpc) is 3.03. The van der Waals surface area contributed by atoms with Crippen molar-refractivity contribution in [3.63, 3.8) is 0 Å². The van der Waals surface area contributed by atoms with Gasteiger partial charge in [0.1, 0.15) is 16.4 Å². The molecule has 0 aromatic heterocycles. The van der Waals surface area contributed by atoms with E-state index in [4.69, 9.17) is 4.74 Å². The molecule has 0 bridgehead atoms. The van der Waals surface area contributed by atoms with Crippen molar-refractivity contribution in [3.8, 4) is 0 Å². The molecule has 166 valence electrons. The molecule has 3 rings (SSSR count). The number of nitro benzene ring substituents is 1. The number of aliphatic imine (C=N–C) groups is 1. The molecule has 0 saturated carbocycles. The van der Waals surface area contributed by atoms with Crippen LogP contribution in [-0.4, -0.2) is 27.6 Å². The highest BCUT2D eigenvalue weighted by molar-refractivity contribution is 8.18. The Labute approximate surface area is 190 Å². The molecule has 32 heavy (non-hydrogen) atoms. The Hall–Kier alpha value is -3.39. The van der Waals surface area contributed by atoms with Crippen LogP contribution in [-0.2, 0) is 14.9 Å². The standard InChI is InChI=1S/C24H24N2O5S/c1-5-31-23(28)20-21(27)19(14-15-6-8-16(9-7-15)24(2,3)4)32-22(20)25-17-10-12-18(13-11-17)26(29)30/h6-14,27H,5H2,1-4H3. The number of thioether (sulfide) groups is 1. The molecule has 0 fully saturated rings. The zero-order valence-electron chi connectivity index (χ0n) is 18.3.